The molecule has 0 aliphatic carbocycles. The molecule has 2 aromatic heterocycles. The summed E-state index contributed by atoms with van der Waals surface area (Å²) in [6.45, 7) is 5.12. The summed E-state index contributed by atoms with van der Waals surface area (Å²) in [7, 11) is 0. The minimum atomic E-state index is -1.33. The third-order valence-electron chi connectivity index (χ3n) is 3.09. The highest BCUT2D eigenvalue weighted by Crippen LogP contribution is 2.28. The van der Waals surface area contributed by atoms with Crippen LogP contribution in [0, 0.1) is 13.8 Å². The Morgan fingerprint density at radius 1 is 1.14 bits per heavy atom. The van der Waals surface area contributed by atoms with Crippen LogP contribution in [0.15, 0.2) is 21.0 Å². The summed E-state index contributed by atoms with van der Waals surface area (Å²) in [6, 6.07) is 2.98. The number of thioether (sulfide) groups is 1. The molecule has 0 bridgehead atoms. The summed E-state index contributed by atoms with van der Waals surface area (Å²) in [6.07, 6.45) is 0. The van der Waals surface area contributed by atoms with E-state index in [0.29, 0.717) is 28.6 Å². The SMILES string of the molecule is CC(=O)c1c(C)oc(C)c1CSCc1ccc(C(=O)[O-])o1. The Morgan fingerprint density at radius 3 is 2.43 bits per heavy atom. The molecule has 0 aliphatic heterocycles. The van der Waals surface area contributed by atoms with Gasteiger partial charge in [-0.3, -0.25) is 4.79 Å². The lowest BCUT2D eigenvalue weighted by atomic mass is 10.1. The Hall–Kier alpha value is -1.95. The van der Waals surface area contributed by atoms with Gasteiger partial charge in [-0.2, -0.15) is 0 Å². The van der Waals surface area contributed by atoms with Crippen LogP contribution in [0.4, 0.5) is 0 Å². The fraction of sp³-hybridized carbons (Fsp3) is 0.333. The number of rotatable bonds is 6. The van der Waals surface area contributed by atoms with E-state index in [9.17, 15) is 14.7 Å². The quantitative estimate of drug-likeness (QED) is 0.762. The van der Waals surface area contributed by atoms with Gasteiger partial charge in [0, 0.05) is 11.3 Å². The second kappa shape index (κ2) is 6.22. The Balaban J connectivity index is 2.03. The lowest BCUT2D eigenvalue weighted by molar-refractivity contribution is -0.257. The highest BCUT2D eigenvalue weighted by atomic mass is 32.2. The van der Waals surface area contributed by atoms with E-state index in [4.69, 9.17) is 8.83 Å². The summed E-state index contributed by atoms with van der Waals surface area (Å²) < 4.78 is 10.6. The number of aryl methyl sites for hydroxylation is 2. The number of hydrogen-bond acceptors (Lipinski definition) is 6. The van der Waals surface area contributed by atoms with Crippen molar-refractivity contribution in [3.8, 4) is 0 Å². The smallest absolute Gasteiger partial charge is 0.163 e. The molecule has 0 amide bonds. The molecule has 21 heavy (non-hydrogen) atoms. The van der Waals surface area contributed by atoms with E-state index in [0.717, 1.165) is 11.3 Å². The van der Waals surface area contributed by atoms with Crippen LogP contribution < -0.4 is 5.11 Å². The predicted octanol–water partition coefficient (Wildman–Crippen LogP) is 2.49. The Bertz CT molecular complexity index is 680. The summed E-state index contributed by atoms with van der Waals surface area (Å²) in [5.74, 6) is 1.51. The van der Waals surface area contributed by atoms with Crippen LogP contribution in [0.2, 0.25) is 0 Å². The first-order valence-electron chi connectivity index (χ1n) is 6.37. The molecule has 0 aliphatic rings. The fourth-order valence-electron chi connectivity index (χ4n) is 2.18. The molecule has 0 radical (unpaired) electrons. The van der Waals surface area contributed by atoms with Gasteiger partial charge in [-0.25, -0.2) is 0 Å². The van der Waals surface area contributed by atoms with E-state index in [1.807, 2.05) is 6.92 Å². The fourth-order valence-corrected chi connectivity index (χ4v) is 3.19. The first-order valence-corrected chi connectivity index (χ1v) is 7.53. The zero-order valence-corrected chi connectivity index (χ0v) is 12.8. The van der Waals surface area contributed by atoms with Gasteiger partial charge < -0.3 is 18.7 Å². The number of carboxylic acid groups (broad SMARTS) is 1. The second-order valence-electron chi connectivity index (χ2n) is 4.67. The molecular formula is C15H15O5S-. The largest absolute Gasteiger partial charge is 0.542 e. The van der Waals surface area contributed by atoms with E-state index in [1.165, 1.54) is 24.8 Å². The molecule has 6 heteroatoms. The molecule has 0 atom stereocenters. The summed E-state index contributed by atoms with van der Waals surface area (Å²) >= 11 is 1.52. The summed E-state index contributed by atoms with van der Waals surface area (Å²) in [4.78, 5) is 22.3. The number of carboxylic acids is 1. The number of carbonyl (C=O) groups excluding carboxylic acids is 2. The summed E-state index contributed by atoms with van der Waals surface area (Å²) in [5.41, 5.74) is 1.52. The molecule has 0 saturated heterocycles. The average molecular weight is 307 g/mol. The van der Waals surface area contributed by atoms with Crippen molar-refractivity contribution < 1.29 is 23.5 Å². The highest BCUT2D eigenvalue weighted by Gasteiger charge is 2.18. The molecule has 2 aromatic rings. The summed E-state index contributed by atoms with van der Waals surface area (Å²) in [5, 5.41) is 10.6. The van der Waals surface area contributed by atoms with Crippen molar-refractivity contribution in [2.75, 3.05) is 0 Å². The normalized spacial score (nSPS) is 10.8. The van der Waals surface area contributed by atoms with Gasteiger partial charge in [-0.1, -0.05) is 0 Å². The lowest BCUT2D eigenvalue weighted by Gasteiger charge is -2.02. The van der Waals surface area contributed by atoms with Gasteiger partial charge in [0.05, 0.1) is 11.3 Å². The molecule has 2 heterocycles. The van der Waals surface area contributed by atoms with Crippen molar-refractivity contribution in [1.29, 1.82) is 0 Å². The minimum Gasteiger partial charge on any atom is -0.542 e. The topological polar surface area (TPSA) is 83.5 Å². The lowest BCUT2D eigenvalue weighted by Crippen LogP contribution is -2.21. The Labute approximate surface area is 126 Å². The number of Topliss-reactive ketones (excluding diaryl/α,β-unsaturated/α-hetero) is 1. The molecule has 5 nitrogen and oxygen atoms in total. The molecule has 0 fully saturated rings. The van der Waals surface area contributed by atoms with Crippen LogP contribution in [0.3, 0.4) is 0 Å². The Kier molecular flexibility index (Phi) is 4.57. The number of hydrogen-bond donors (Lipinski definition) is 0. The molecule has 0 N–H and O–H groups in total. The molecule has 0 saturated carbocycles. The number of furan rings is 2. The maximum atomic E-state index is 11.7. The first kappa shape index (κ1) is 15.4. The van der Waals surface area contributed by atoms with Gasteiger partial charge >= 0.3 is 0 Å². The van der Waals surface area contributed by atoms with E-state index in [1.54, 1.807) is 13.0 Å². The van der Waals surface area contributed by atoms with Gasteiger partial charge in [0.15, 0.2) is 5.78 Å². The monoisotopic (exact) mass is 307 g/mol. The van der Waals surface area contributed by atoms with Crippen molar-refractivity contribution >= 4 is 23.5 Å². The van der Waals surface area contributed by atoms with Crippen molar-refractivity contribution in [2.24, 2.45) is 0 Å². The maximum Gasteiger partial charge on any atom is 0.163 e. The molecule has 0 unspecified atom stereocenters. The number of carbonyl (C=O) groups is 2. The van der Waals surface area contributed by atoms with Crippen molar-refractivity contribution in [1.82, 2.24) is 0 Å². The van der Waals surface area contributed by atoms with Crippen LogP contribution >= 0.6 is 11.8 Å². The standard InChI is InChI=1S/C15H16O5S/c1-8(16)14-10(3)19-9(2)12(14)7-21-6-11-4-5-13(20-11)15(17)18/h4-5H,6-7H2,1-3H3,(H,17,18)/p-1. The van der Waals surface area contributed by atoms with Crippen LogP contribution in [-0.4, -0.2) is 11.8 Å². The highest BCUT2D eigenvalue weighted by molar-refractivity contribution is 7.97. The van der Waals surface area contributed by atoms with E-state index in [-0.39, 0.29) is 11.5 Å². The second-order valence-corrected chi connectivity index (χ2v) is 5.66. The molecule has 0 aromatic carbocycles. The zero-order valence-electron chi connectivity index (χ0n) is 12.0. The van der Waals surface area contributed by atoms with E-state index in [2.05, 4.69) is 0 Å². The van der Waals surface area contributed by atoms with Gasteiger partial charge in [-0.15, -0.1) is 11.8 Å². The minimum absolute atomic E-state index is 0.0165. The van der Waals surface area contributed by atoms with Gasteiger partial charge in [0.25, 0.3) is 0 Å². The predicted molar refractivity (Wildman–Crippen MR) is 76.2 cm³/mol. The van der Waals surface area contributed by atoms with E-state index < -0.39 is 5.97 Å². The van der Waals surface area contributed by atoms with Crippen LogP contribution in [-0.2, 0) is 11.5 Å². The molecular weight excluding hydrogens is 292 g/mol. The van der Waals surface area contributed by atoms with Crippen molar-refractivity contribution in [3.63, 3.8) is 0 Å². The number of aromatic carboxylic acids is 1. The van der Waals surface area contributed by atoms with Crippen LogP contribution in [0.5, 0.6) is 0 Å². The third kappa shape index (κ3) is 3.39. The van der Waals surface area contributed by atoms with Gasteiger partial charge in [0.2, 0.25) is 0 Å². The third-order valence-corrected chi connectivity index (χ3v) is 4.07. The molecule has 0 spiro atoms. The zero-order chi connectivity index (χ0) is 15.6. The maximum absolute atomic E-state index is 11.7. The van der Waals surface area contributed by atoms with Crippen molar-refractivity contribution in [2.45, 2.75) is 32.3 Å². The molecule has 2 rings (SSSR count). The van der Waals surface area contributed by atoms with Gasteiger partial charge in [-0.05, 0) is 32.9 Å². The Morgan fingerprint density at radius 2 is 1.86 bits per heavy atom. The van der Waals surface area contributed by atoms with Crippen LogP contribution in [0.1, 0.15) is 50.7 Å². The average Bonchev–Trinajstić information content (AvgIpc) is 2.95. The van der Waals surface area contributed by atoms with Crippen molar-refractivity contribution in [3.05, 3.63) is 46.3 Å². The molecule has 112 valence electrons. The number of ketones is 1. The van der Waals surface area contributed by atoms with Crippen LogP contribution in [0.25, 0.3) is 0 Å². The first-order chi connectivity index (χ1) is 9.90. The van der Waals surface area contributed by atoms with E-state index >= 15 is 0 Å². The van der Waals surface area contributed by atoms with Gasteiger partial charge in [0.1, 0.15) is 29.0 Å².